The number of aromatic nitrogens is 3. The number of rotatable bonds is 5. The second kappa shape index (κ2) is 7.78. The molecular formula is C23H24FN5. The van der Waals surface area contributed by atoms with Crippen LogP contribution in [0.5, 0.6) is 0 Å². The van der Waals surface area contributed by atoms with Crippen molar-refractivity contribution in [1.82, 2.24) is 15.0 Å². The molecule has 0 unspecified atom stereocenters. The highest BCUT2D eigenvalue weighted by Gasteiger charge is 2.25. The summed E-state index contributed by atoms with van der Waals surface area (Å²) in [6.45, 7) is 1.45. The smallest absolute Gasteiger partial charge is 0.132 e. The number of piperidine rings is 1. The molecule has 5 rings (SSSR count). The molecule has 148 valence electrons. The van der Waals surface area contributed by atoms with Crippen molar-refractivity contribution in [3.63, 3.8) is 0 Å². The van der Waals surface area contributed by atoms with Gasteiger partial charge in [-0.3, -0.25) is 0 Å². The summed E-state index contributed by atoms with van der Waals surface area (Å²) in [5.41, 5.74) is 3.21. The quantitative estimate of drug-likeness (QED) is 0.658. The zero-order valence-corrected chi connectivity index (χ0v) is 16.3. The van der Waals surface area contributed by atoms with Crippen LogP contribution in [0.1, 0.15) is 37.2 Å². The van der Waals surface area contributed by atoms with Crippen LogP contribution in [0, 0.1) is 0 Å². The molecule has 1 aliphatic heterocycles. The van der Waals surface area contributed by atoms with Crippen LogP contribution in [0.25, 0.3) is 11.3 Å². The molecule has 0 atom stereocenters. The van der Waals surface area contributed by atoms with E-state index in [1.807, 2.05) is 30.5 Å². The van der Waals surface area contributed by atoms with E-state index >= 15 is 0 Å². The standard InChI is InChI=1S/C23H24FN5/c24-19-8-11-29(12-9-19)23-7-6-17(15-26-23)20-13-18(16-4-5-16)14-22(27-20)28-21-3-1-2-10-25-21/h1-3,6-7,10,13-16,19H,4-5,8-9,11-12H2,(H,25,27,28). The summed E-state index contributed by atoms with van der Waals surface area (Å²) in [4.78, 5) is 15.9. The third-order valence-corrected chi connectivity index (χ3v) is 5.61. The van der Waals surface area contributed by atoms with Gasteiger partial charge in [-0.25, -0.2) is 19.3 Å². The second-order valence-corrected chi connectivity index (χ2v) is 7.85. The van der Waals surface area contributed by atoms with E-state index in [-0.39, 0.29) is 0 Å². The minimum Gasteiger partial charge on any atom is -0.356 e. The van der Waals surface area contributed by atoms with Gasteiger partial charge in [0.15, 0.2) is 0 Å². The average Bonchev–Trinajstić information content (AvgIpc) is 3.61. The first kappa shape index (κ1) is 18.0. The third-order valence-electron chi connectivity index (χ3n) is 5.61. The molecule has 2 aliphatic rings. The van der Waals surface area contributed by atoms with Gasteiger partial charge in [-0.15, -0.1) is 0 Å². The number of nitrogens with one attached hydrogen (secondary N) is 1. The van der Waals surface area contributed by atoms with Gasteiger partial charge in [-0.05, 0) is 73.6 Å². The Kier molecular flexibility index (Phi) is 4.84. The molecule has 0 aromatic carbocycles. The Morgan fingerprint density at radius 1 is 0.931 bits per heavy atom. The summed E-state index contributed by atoms with van der Waals surface area (Å²) in [6.07, 6.45) is 6.59. The topological polar surface area (TPSA) is 53.9 Å². The summed E-state index contributed by atoms with van der Waals surface area (Å²) in [5, 5.41) is 3.32. The Labute approximate surface area is 170 Å². The Balaban J connectivity index is 1.41. The zero-order chi connectivity index (χ0) is 19.6. The second-order valence-electron chi connectivity index (χ2n) is 7.85. The summed E-state index contributed by atoms with van der Waals surface area (Å²) in [7, 11) is 0. The van der Waals surface area contributed by atoms with Gasteiger partial charge in [-0.1, -0.05) is 6.07 Å². The predicted molar refractivity (Wildman–Crippen MR) is 113 cm³/mol. The predicted octanol–water partition coefficient (Wildman–Crippen LogP) is 5.10. The first-order chi connectivity index (χ1) is 14.2. The van der Waals surface area contributed by atoms with Crippen molar-refractivity contribution in [2.45, 2.75) is 37.8 Å². The van der Waals surface area contributed by atoms with Crippen LogP contribution in [0.4, 0.5) is 21.8 Å². The van der Waals surface area contributed by atoms with E-state index < -0.39 is 6.17 Å². The summed E-state index contributed by atoms with van der Waals surface area (Å²) in [5.74, 6) is 3.11. The Bertz CT molecular complexity index is 964. The van der Waals surface area contributed by atoms with Gasteiger partial charge < -0.3 is 10.2 Å². The molecule has 1 aliphatic carbocycles. The number of halogens is 1. The van der Waals surface area contributed by atoms with Gasteiger partial charge in [0.2, 0.25) is 0 Å². The highest BCUT2D eigenvalue weighted by atomic mass is 19.1. The molecule has 6 heteroatoms. The molecule has 1 N–H and O–H groups in total. The van der Waals surface area contributed by atoms with E-state index in [1.165, 1.54) is 18.4 Å². The Hall–Kier alpha value is -3.02. The molecule has 0 bridgehead atoms. The van der Waals surface area contributed by atoms with Crippen LogP contribution in [0.2, 0.25) is 0 Å². The van der Waals surface area contributed by atoms with Crippen LogP contribution in [-0.2, 0) is 0 Å². The van der Waals surface area contributed by atoms with Crippen molar-refractivity contribution in [3.8, 4) is 11.3 Å². The van der Waals surface area contributed by atoms with Crippen molar-refractivity contribution in [2.24, 2.45) is 0 Å². The van der Waals surface area contributed by atoms with E-state index in [0.717, 1.165) is 41.8 Å². The van der Waals surface area contributed by atoms with Crippen LogP contribution in [0.15, 0.2) is 54.9 Å². The van der Waals surface area contributed by atoms with E-state index in [2.05, 4.69) is 38.4 Å². The molecular weight excluding hydrogens is 365 g/mol. The number of hydrogen-bond donors (Lipinski definition) is 1. The monoisotopic (exact) mass is 389 g/mol. The SMILES string of the molecule is FC1CCN(c2ccc(-c3cc(C4CC4)cc(Nc4ccccn4)n3)cn2)CC1. The fourth-order valence-corrected chi connectivity index (χ4v) is 3.79. The lowest BCUT2D eigenvalue weighted by atomic mass is 10.1. The van der Waals surface area contributed by atoms with Gasteiger partial charge in [-0.2, -0.15) is 0 Å². The first-order valence-corrected chi connectivity index (χ1v) is 10.3. The molecule has 0 radical (unpaired) electrons. The van der Waals surface area contributed by atoms with Crippen molar-refractivity contribution >= 4 is 17.5 Å². The van der Waals surface area contributed by atoms with Crippen LogP contribution < -0.4 is 10.2 Å². The van der Waals surface area contributed by atoms with Gasteiger partial charge in [0.25, 0.3) is 0 Å². The van der Waals surface area contributed by atoms with E-state index in [9.17, 15) is 4.39 Å². The maximum absolute atomic E-state index is 13.4. The van der Waals surface area contributed by atoms with Gasteiger partial charge in [0.05, 0.1) is 5.69 Å². The number of nitrogens with zero attached hydrogens (tertiary/aromatic N) is 4. The average molecular weight is 389 g/mol. The number of pyridine rings is 3. The lowest BCUT2D eigenvalue weighted by molar-refractivity contribution is 0.277. The Morgan fingerprint density at radius 3 is 2.48 bits per heavy atom. The van der Waals surface area contributed by atoms with Gasteiger partial charge >= 0.3 is 0 Å². The van der Waals surface area contributed by atoms with Crippen molar-refractivity contribution in [2.75, 3.05) is 23.3 Å². The highest BCUT2D eigenvalue weighted by Crippen LogP contribution is 2.42. The molecule has 2 fully saturated rings. The van der Waals surface area contributed by atoms with Gasteiger partial charge in [0.1, 0.15) is 23.6 Å². The molecule has 1 saturated heterocycles. The van der Waals surface area contributed by atoms with Crippen LogP contribution in [0.3, 0.4) is 0 Å². The van der Waals surface area contributed by atoms with Crippen molar-refractivity contribution in [1.29, 1.82) is 0 Å². The summed E-state index contributed by atoms with van der Waals surface area (Å²) in [6, 6.07) is 14.2. The van der Waals surface area contributed by atoms with Crippen LogP contribution in [-0.4, -0.2) is 34.2 Å². The van der Waals surface area contributed by atoms with E-state index in [0.29, 0.717) is 18.8 Å². The molecule has 4 heterocycles. The first-order valence-electron chi connectivity index (χ1n) is 10.3. The van der Waals surface area contributed by atoms with Crippen molar-refractivity contribution in [3.05, 3.63) is 60.4 Å². The van der Waals surface area contributed by atoms with Crippen molar-refractivity contribution < 1.29 is 4.39 Å². The lowest BCUT2D eigenvalue weighted by Gasteiger charge is -2.29. The fourth-order valence-electron chi connectivity index (χ4n) is 3.79. The van der Waals surface area contributed by atoms with E-state index in [1.54, 1.807) is 6.20 Å². The number of hydrogen-bond acceptors (Lipinski definition) is 5. The minimum absolute atomic E-state index is 0.580. The third kappa shape index (κ3) is 4.21. The maximum Gasteiger partial charge on any atom is 0.132 e. The van der Waals surface area contributed by atoms with Gasteiger partial charge in [0, 0.05) is 31.0 Å². The molecule has 5 nitrogen and oxygen atoms in total. The molecule has 3 aromatic rings. The molecule has 0 spiro atoms. The summed E-state index contributed by atoms with van der Waals surface area (Å²) < 4.78 is 13.4. The molecule has 29 heavy (non-hydrogen) atoms. The van der Waals surface area contributed by atoms with E-state index in [4.69, 9.17) is 4.98 Å². The largest absolute Gasteiger partial charge is 0.356 e. The molecule has 0 amide bonds. The highest BCUT2D eigenvalue weighted by molar-refractivity contribution is 5.65. The number of alkyl halides is 1. The number of anilines is 3. The molecule has 1 saturated carbocycles. The lowest BCUT2D eigenvalue weighted by Crippen LogP contribution is -2.34. The minimum atomic E-state index is -0.676. The Morgan fingerprint density at radius 2 is 1.79 bits per heavy atom. The normalized spacial score (nSPS) is 17.3. The zero-order valence-electron chi connectivity index (χ0n) is 16.3. The fraction of sp³-hybridized carbons (Fsp3) is 0.348. The van der Waals surface area contributed by atoms with Crippen LogP contribution >= 0.6 is 0 Å². The summed E-state index contributed by atoms with van der Waals surface area (Å²) >= 11 is 0. The maximum atomic E-state index is 13.4. The molecule has 3 aromatic heterocycles.